The molecule has 4 nitrogen and oxygen atoms in total. The molecule has 0 fully saturated rings. The van der Waals surface area contributed by atoms with Gasteiger partial charge in [-0.2, -0.15) is 0 Å². The summed E-state index contributed by atoms with van der Waals surface area (Å²) < 4.78 is 18.4. The maximum absolute atomic E-state index is 13.4. The van der Waals surface area contributed by atoms with Gasteiger partial charge in [0.15, 0.2) is 0 Å². The molecule has 1 aromatic carbocycles. The highest BCUT2D eigenvalue weighted by molar-refractivity contribution is 9.10. The minimum atomic E-state index is -0.531. The zero-order valence-electron chi connectivity index (χ0n) is 8.51. The summed E-state index contributed by atoms with van der Waals surface area (Å²) in [5.41, 5.74) is 0.472. The van der Waals surface area contributed by atoms with Crippen LogP contribution in [0.3, 0.4) is 0 Å². The van der Waals surface area contributed by atoms with Gasteiger partial charge in [-0.15, -0.1) is 0 Å². The summed E-state index contributed by atoms with van der Waals surface area (Å²) >= 11 is 3.13. The monoisotopic (exact) mass is 288 g/mol. The van der Waals surface area contributed by atoms with Crippen molar-refractivity contribution in [3.05, 3.63) is 28.0 Å². The molecule has 0 amide bonds. The van der Waals surface area contributed by atoms with Gasteiger partial charge in [0.25, 0.3) is 0 Å². The smallest absolute Gasteiger partial charge is 0.325 e. The van der Waals surface area contributed by atoms with E-state index < -0.39 is 11.8 Å². The highest BCUT2D eigenvalue weighted by atomic mass is 79.9. The molecule has 0 aliphatic carbocycles. The lowest BCUT2D eigenvalue weighted by molar-refractivity contribution is -0.138. The Morgan fingerprint density at radius 1 is 1.69 bits per heavy atom. The average molecular weight is 289 g/mol. The van der Waals surface area contributed by atoms with Crippen LogP contribution in [0.1, 0.15) is 5.56 Å². The predicted octanol–water partition coefficient (Wildman–Crippen LogP) is 2.17. The van der Waals surface area contributed by atoms with Crippen LogP contribution in [0, 0.1) is 11.2 Å². The van der Waals surface area contributed by atoms with E-state index in [4.69, 9.17) is 5.41 Å². The fourth-order valence-corrected chi connectivity index (χ4v) is 1.55. The van der Waals surface area contributed by atoms with Crippen molar-refractivity contribution in [1.82, 2.24) is 0 Å². The third-order valence-electron chi connectivity index (χ3n) is 1.89. The van der Waals surface area contributed by atoms with Crippen LogP contribution in [0.15, 0.2) is 16.6 Å². The summed E-state index contributed by atoms with van der Waals surface area (Å²) in [6.45, 7) is -0.0762. The molecule has 0 bridgehead atoms. The van der Waals surface area contributed by atoms with Gasteiger partial charge in [0.1, 0.15) is 12.4 Å². The highest BCUT2D eigenvalue weighted by Gasteiger charge is 2.09. The van der Waals surface area contributed by atoms with Gasteiger partial charge in [0.05, 0.1) is 12.7 Å². The van der Waals surface area contributed by atoms with Crippen molar-refractivity contribution in [1.29, 1.82) is 5.41 Å². The van der Waals surface area contributed by atoms with Crippen LogP contribution in [0.25, 0.3) is 0 Å². The molecule has 6 heteroatoms. The van der Waals surface area contributed by atoms with Gasteiger partial charge < -0.3 is 15.5 Å². The average Bonchev–Trinajstić information content (AvgIpc) is 2.25. The van der Waals surface area contributed by atoms with Crippen LogP contribution in [0.2, 0.25) is 0 Å². The van der Waals surface area contributed by atoms with E-state index in [0.29, 0.717) is 10.2 Å². The first-order chi connectivity index (χ1) is 7.58. The van der Waals surface area contributed by atoms with E-state index in [9.17, 15) is 9.18 Å². The molecule has 0 saturated heterocycles. The zero-order valence-corrected chi connectivity index (χ0v) is 10.1. The Kier molecular flexibility index (Phi) is 4.42. The molecular formula is C10H10BrFN2O2. The molecule has 0 aromatic heterocycles. The van der Waals surface area contributed by atoms with E-state index in [2.05, 4.69) is 26.0 Å². The van der Waals surface area contributed by atoms with Gasteiger partial charge in [-0.3, -0.25) is 4.79 Å². The van der Waals surface area contributed by atoms with E-state index in [1.165, 1.54) is 13.2 Å². The van der Waals surface area contributed by atoms with Crippen molar-refractivity contribution >= 4 is 33.8 Å². The van der Waals surface area contributed by atoms with Gasteiger partial charge in [0.2, 0.25) is 0 Å². The number of hydrogen-bond donors (Lipinski definition) is 2. The molecule has 0 unspecified atom stereocenters. The number of anilines is 1. The minimum absolute atomic E-state index is 0.0762. The fraction of sp³-hybridized carbons (Fsp3) is 0.200. The lowest BCUT2D eigenvalue weighted by Gasteiger charge is -2.09. The van der Waals surface area contributed by atoms with E-state index >= 15 is 0 Å². The molecule has 86 valence electrons. The standard InChI is InChI=1S/C10H10BrFN2O2/c1-16-10(15)5-14-9-3-6(11)2-8(12)7(9)4-13/h2-4,13-14H,5H2,1H3. The summed E-state index contributed by atoms with van der Waals surface area (Å²) in [5, 5.41) is 9.79. The summed E-state index contributed by atoms with van der Waals surface area (Å²) in [6.07, 6.45) is 0.890. The SMILES string of the molecule is COC(=O)CNc1cc(Br)cc(F)c1C=N. The zero-order chi connectivity index (χ0) is 12.1. The van der Waals surface area contributed by atoms with Crippen LogP contribution in [0.5, 0.6) is 0 Å². The Hall–Kier alpha value is -1.43. The first kappa shape index (κ1) is 12.6. The van der Waals surface area contributed by atoms with E-state index in [0.717, 1.165) is 6.21 Å². The van der Waals surface area contributed by atoms with Crippen LogP contribution in [-0.4, -0.2) is 25.8 Å². The summed E-state index contributed by atoms with van der Waals surface area (Å²) in [4.78, 5) is 10.9. The van der Waals surface area contributed by atoms with Crippen molar-refractivity contribution in [3.8, 4) is 0 Å². The largest absolute Gasteiger partial charge is 0.468 e. The molecule has 0 saturated carbocycles. The fourth-order valence-electron chi connectivity index (χ4n) is 1.12. The van der Waals surface area contributed by atoms with Crippen LogP contribution < -0.4 is 5.32 Å². The Morgan fingerprint density at radius 2 is 2.38 bits per heavy atom. The minimum Gasteiger partial charge on any atom is -0.468 e. The van der Waals surface area contributed by atoms with Gasteiger partial charge in [-0.1, -0.05) is 15.9 Å². The van der Waals surface area contributed by atoms with E-state index in [-0.39, 0.29) is 12.1 Å². The number of rotatable bonds is 4. The molecule has 0 heterocycles. The number of ether oxygens (including phenoxy) is 1. The lowest BCUT2D eigenvalue weighted by atomic mass is 10.2. The second-order valence-corrected chi connectivity index (χ2v) is 3.84. The number of esters is 1. The molecule has 1 aromatic rings. The highest BCUT2D eigenvalue weighted by Crippen LogP contribution is 2.23. The number of carbonyl (C=O) groups excluding carboxylic acids is 1. The number of halogens is 2. The number of hydrogen-bond acceptors (Lipinski definition) is 4. The van der Waals surface area contributed by atoms with Crippen LogP contribution >= 0.6 is 15.9 Å². The van der Waals surface area contributed by atoms with Crippen molar-refractivity contribution < 1.29 is 13.9 Å². The number of methoxy groups -OCH3 is 1. The summed E-state index contributed by atoms with van der Waals surface area (Å²) in [5.74, 6) is -0.993. The Bertz CT molecular complexity index is 424. The molecule has 0 atom stereocenters. The van der Waals surface area contributed by atoms with Crippen molar-refractivity contribution in [2.75, 3.05) is 19.0 Å². The Morgan fingerprint density at radius 3 is 2.94 bits per heavy atom. The van der Waals surface area contributed by atoms with E-state index in [1.54, 1.807) is 6.07 Å². The molecule has 1 rings (SSSR count). The van der Waals surface area contributed by atoms with Crippen LogP contribution in [-0.2, 0) is 9.53 Å². The van der Waals surface area contributed by atoms with Gasteiger partial charge >= 0.3 is 5.97 Å². The normalized spacial score (nSPS) is 9.69. The molecule has 16 heavy (non-hydrogen) atoms. The second-order valence-electron chi connectivity index (χ2n) is 2.92. The lowest BCUT2D eigenvalue weighted by Crippen LogP contribution is -2.16. The third-order valence-corrected chi connectivity index (χ3v) is 2.35. The quantitative estimate of drug-likeness (QED) is 0.659. The first-order valence-electron chi connectivity index (χ1n) is 4.38. The molecular weight excluding hydrogens is 279 g/mol. The van der Waals surface area contributed by atoms with Gasteiger partial charge in [0, 0.05) is 16.4 Å². The number of benzene rings is 1. The number of carbonyl (C=O) groups is 1. The number of nitrogens with one attached hydrogen (secondary N) is 2. The molecule has 0 aliphatic heterocycles. The maximum atomic E-state index is 13.4. The molecule has 0 spiro atoms. The predicted molar refractivity (Wildman–Crippen MR) is 62.5 cm³/mol. The van der Waals surface area contributed by atoms with Crippen molar-refractivity contribution in [2.24, 2.45) is 0 Å². The first-order valence-corrected chi connectivity index (χ1v) is 5.18. The van der Waals surface area contributed by atoms with Crippen molar-refractivity contribution in [2.45, 2.75) is 0 Å². The van der Waals surface area contributed by atoms with Gasteiger partial charge in [-0.05, 0) is 12.1 Å². The maximum Gasteiger partial charge on any atom is 0.325 e. The van der Waals surface area contributed by atoms with E-state index in [1.807, 2.05) is 0 Å². The summed E-state index contributed by atoms with van der Waals surface area (Å²) in [6, 6.07) is 2.84. The third kappa shape index (κ3) is 3.03. The Labute approximate surface area is 100 Å². The van der Waals surface area contributed by atoms with Crippen molar-refractivity contribution in [3.63, 3.8) is 0 Å². The second kappa shape index (κ2) is 5.60. The topological polar surface area (TPSA) is 62.2 Å². The van der Waals surface area contributed by atoms with Gasteiger partial charge in [-0.25, -0.2) is 4.39 Å². The molecule has 0 aliphatic rings. The summed E-state index contributed by atoms with van der Waals surface area (Å²) in [7, 11) is 1.27. The van der Waals surface area contributed by atoms with Crippen LogP contribution in [0.4, 0.5) is 10.1 Å². The molecule has 0 radical (unpaired) electrons. The Balaban J connectivity index is 2.93. The molecule has 2 N–H and O–H groups in total.